The van der Waals surface area contributed by atoms with Gasteiger partial charge in [0.15, 0.2) is 11.3 Å². The monoisotopic (exact) mass is 493 g/mol. The number of anilines is 3. The fourth-order valence-electron chi connectivity index (χ4n) is 4.78. The van der Waals surface area contributed by atoms with Gasteiger partial charge in [-0.2, -0.15) is 0 Å². The van der Waals surface area contributed by atoms with E-state index in [2.05, 4.69) is 30.8 Å². The van der Waals surface area contributed by atoms with Gasteiger partial charge in [-0.15, -0.1) is 5.10 Å². The van der Waals surface area contributed by atoms with Crippen LogP contribution >= 0.6 is 0 Å². The van der Waals surface area contributed by atoms with Crippen LogP contribution < -0.4 is 21.7 Å². The molecule has 3 aromatic rings. The second-order valence-electron chi connectivity index (χ2n) is 9.50. The van der Waals surface area contributed by atoms with Gasteiger partial charge in [0, 0.05) is 55.9 Å². The summed E-state index contributed by atoms with van der Waals surface area (Å²) in [7, 11) is 0. The molecule has 1 saturated heterocycles. The molecule has 5 N–H and O–H groups in total. The molecular weight excluding hydrogens is 458 g/mol. The highest BCUT2D eigenvalue weighted by molar-refractivity contribution is 6.03. The molecule has 1 aliphatic heterocycles. The van der Waals surface area contributed by atoms with E-state index in [9.17, 15) is 4.79 Å². The Hall–Kier alpha value is -3.28. The predicted octanol–water partition coefficient (Wildman–Crippen LogP) is 2.19. The normalized spacial score (nSPS) is 20.8. The van der Waals surface area contributed by atoms with Crippen molar-refractivity contribution in [3.05, 3.63) is 42.5 Å². The van der Waals surface area contributed by atoms with Gasteiger partial charge in [0.2, 0.25) is 0 Å². The summed E-state index contributed by atoms with van der Waals surface area (Å²) in [5.74, 6) is 0.440. The van der Waals surface area contributed by atoms with E-state index >= 15 is 0 Å². The average Bonchev–Trinajstić information content (AvgIpc) is 3.33. The van der Waals surface area contributed by atoms with E-state index in [0.717, 1.165) is 83.0 Å². The Balaban J connectivity index is 1.34. The Morgan fingerprint density at radius 2 is 1.92 bits per heavy atom. The summed E-state index contributed by atoms with van der Waals surface area (Å²) in [6.45, 7) is 5.37. The lowest BCUT2D eigenvalue weighted by atomic mass is 9.92. The van der Waals surface area contributed by atoms with Crippen molar-refractivity contribution in [3.8, 4) is 0 Å². The van der Waals surface area contributed by atoms with Crippen LogP contribution in [0.3, 0.4) is 0 Å². The van der Waals surface area contributed by atoms with Crippen LogP contribution in [0.4, 0.5) is 17.2 Å². The molecule has 3 aromatic heterocycles. The highest BCUT2D eigenvalue weighted by atomic mass is 16.5. The topological polar surface area (TPSA) is 135 Å². The highest BCUT2D eigenvalue weighted by Gasteiger charge is 2.21. The summed E-state index contributed by atoms with van der Waals surface area (Å²) < 4.78 is 7.06. The Bertz CT molecular complexity index is 1140. The molecule has 0 aromatic carbocycles. The van der Waals surface area contributed by atoms with E-state index in [1.807, 2.05) is 6.07 Å². The lowest BCUT2D eigenvalue weighted by Crippen LogP contribution is -2.37. The highest BCUT2D eigenvalue weighted by Crippen LogP contribution is 2.25. The molecule has 192 valence electrons. The second kappa shape index (κ2) is 11.6. The number of amides is 1. The van der Waals surface area contributed by atoms with Gasteiger partial charge in [0.1, 0.15) is 5.82 Å². The zero-order valence-corrected chi connectivity index (χ0v) is 20.5. The van der Waals surface area contributed by atoms with Gasteiger partial charge in [0.05, 0.1) is 25.1 Å². The molecule has 0 spiro atoms. The van der Waals surface area contributed by atoms with Crippen molar-refractivity contribution in [2.24, 2.45) is 5.73 Å². The first kappa shape index (κ1) is 24.4. The zero-order valence-electron chi connectivity index (χ0n) is 20.5. The fourth-order valence-corrected chi connectivity index (χ4v) is 4.78. The van der Waals surface area contributed by atoms with Crippen molar-refractivity contribution in [3.63, 3.8) is 0 Å². The molecular formula is C25H35N9O2. The van der Waals surface area contributed by atoms with E-state index in [-0.39, 0.29) is 11.9 Å². The van der Waals surface area contributed by atoms with E-state index < -0.39 is 0 Å². The van der Waals surface area contributed by atoms with Crippen LogP contribution in [-0.4, -0.2) is 81.9 Å². The molecule has 2 aliphatic rings. The third kappa shape index (κ3) is 6.10. The van der Waals surface area contributed by atoms with E-state index in [0.29, 0.717) is 23.1 Å². The first-order valence-electron chi connectivity index (χ1n) is 12.8. The maximum atomic E-state index is 13.1. The molecule has 1 saturated carbocycles. The van der Waals surface area contributed by atoms with Gasteiger partial charge >= 0.3 is 0 Å². The maximum Gasteiger partial charge on any atom is 0.276 e. The summed E-state index contributed by atoms with van der Waals surface area (Å²) in [6.07, 6.45) is 9.84. The number of ether oxygens (including phenoxy) is 1. The Morgan fingerprint density at radius 1 is 1.14 bits per heavy atom. The first-order valence-corrected chi connectivity index (χ1v) is 12.8. The van der Waals surface area contributed by atoms with Crippen LogP contribution in [0.25, 0.3) is 5.65 Å². The van der Waals surface area contributed by atoms with Crippen LogP contribution in [0.2, 0.25) is 0 Å². The van der Waals surface area contributed by atoms with Gasteiger partial charge in [-0.1, -0.05) is 0 Å². The van der Waals surface area contributed by atoms with Crippen molar-refractivity contribution in [2.45, 2.75) is 44.2 Å². The third-order valence-electron chi connectivity index (χ3n) is 6.83. The summed E-state index contributed by atoms with van der Waals surface area (Å²) in [6, 6.07) is 6.07. The molecule has 36 heavy (non-hydrogen) atoms. The summed E-state index contributed by atoms with van der Waals surface area (Å²) in [5, 5.41) is 14.7. The minimum absolute atomic E-state index is 0.277. The Kier molecular flexibility index (Phi) is 7.89. The predicted molar refractivity (Wildman–Crippen MR) is 139 cm³/mol. The standard InChI is InChI=1S/C25H35N9O2/c26-18-2-4-19(5-3-18)30-23-16-21(28-8-1-11-33-12-14-36-15-13-33)24-29-17-22(34(24)32-23)25(35)31-20-6-9-27-10-7-20/h6-7,9-10,16-19,28H,1-5,8,11-15,26H2,(H,30,32)(H,27,31,35). The van der Waals surface area contributed by atoms with Gasteiger partial charge < -0.3 is 26.4 Å². The molecule has 11 nitrogen and oxygen atoms in total. The molecule has 11 heteroatoms. The van der Waals surface area contributed by atoms with Gasteiger partial charge in [-0.05, 0) is 50.8 Å². The minimum atomic E-state index is -0.278. The summed E-state index contributed by atoms with van der Waals surface area (Å²) in [5.41, 5.74) is 8.60. The third-order valence-corrected chi connectivity index (χ3v) is 6.83. The van der Waals surface area contributed by atoms with Gasteiger partial charge in [-0.25, -0.2) is 9.50 Å². The maximum absolute atomic E-state index is 13.1. The fraction of sp³-hybridized carbons (Fsp3) is 0.520. The van der Waals surface area contributed by atoms with Crippen molar-refractivity contribution in [2.75, 3.05) is 55.3 Å². The van der Waals surface area contributed by atoms with Crippen molar-refractivity contribution < 1.29 is 9.53 Å². The first-order chi connectivity index (χ1) is 17.7. The van der Waals surface area contributed by atoms with Crippen LogP contribution in [0.1, 0.15) is 42.6 Å². The molecule has 1 amide bonds. The Labute approximate surface area is 210 Å². The van der Waals surface area contributed by atoms with E-state index in [1.165, 1.54) is 0 Å². The zero-order chi connectivity index (χ0) is 24.7. The van der Waals surface area contributed by atoms with Crippen LogP contribution in [-0.2, 0) is 4.74 Å². The lowest BCUT2D eigenvalue weighted by molar-refractivity contribution is 0.0378. The van der Waals surface area contributed by atoms with Crippen LogP contribution in [0, 0.1) is 0 Å². The van der Waals surface area contributed by atoms with Crippen LogP contribution in [0.15, 0.2) is 36.8 Å². The number of hydrogen-bond donors (Lipinski definition) is 4. The number of nitrogens with zero attached hydrogens (tertiary/aromatic N) is 5. The molecule has 0 unspecified atom stereocenters. The molecule has 0 radical (unpaired) electrons. The van der Waals surface area contributed by atoms with Crippen molar-refractivity contribution in [1.82, 2.24) is 24.5 Å². The minimum Gasteiger partial charge on any atom is -0.382 e. The number of hydrogen-bond acceptors (Lipinski definition) is 9. The number of nitrogens with two attached hydrogens (primary N) is 1. The average molecular weight is 494 g/mol. The second-order valence-corrected chi connectivity index (χ2v) is 9.50. The molecule has 0 bridgehead atoms. The largest absolute Gasteiger partial charge is 0.382 e. The van der Waals surface area contributed by atoms with Crippen molar-refractivity contribution >= 4 is 28.7 Å². The number of morpholine rings is 1. The molecule has 5 rings (SSSR count). The Morgan fingerprint density at radius 3 is 2.69 bits per heavy atom. The van der Waals surface area contributed by atoms with E-state index in [4.69, 9.17) is 15.6 Å². The number of imidazole rings is 1. The van der Waals surface area contributed by atoms with Crippen molar-refractivity contribution in [1.29, 1.82) is 0 Å². The van der Waals surface area contributed by atoms with Crippen LogP contribution in [0.5, 0.6) is 0 Å². The number of carbonyl (C=O) groups excluding carboxylic acids is 1. The number of fused-ring (bicyclic) bond motifs is 1. The number of rotatable bonds is 9. The smallest absolute Gasteiger partial charge is 0.276 e. The molecule has 0 atom stereocenters. The molecule has 4 heterocycles. The number of aromatic nitrogens is 4. The number of carbonyl (C=O) groups is 1. The van der Waals surface area contributed by atoms with E-state index in [1.54, 1.807) is 35.2 Å². The lowest BCUT2D eigenvalue weighted by Gasteiger charge is -2.27. The SMILES string of the molecule is NC1CCC(Nc2cc(NCCCN3CCOCC3)c3ncc(C(=O)Nc4ccncc4)n3n2)CC1. The quantitative estimate of drug-likeness (QED) is 0.331. The summed E-state index contributed by atoms with van der Waals surface area (Å²) >= 11 is 0. The number of pyridine rings is 1. The molecule has 2 fully saturated rings. The van der Waals surface area contributed by atoms with Gasteiger partial charge in [-0.3, -0.25) is 14.7 Å². The number of nitrogens with one attached hydrogen (secondary N) is 3. The summed E-state index contributed by atoms with van der Waals surface area (Å²) in [4.78, 5) is 24.0. The molecule has 1 aliphatic carbocycles. The van der Waals surface area contributed by atoms with Gasteiger partial charge in [0.25, 0.3) is 5.91 Å².